The molecule has 0 unspecified atom stereocenters. The van der Waals surface area contributed by atoms with Crippen LogP contribution in [-0.4, -0.2) is 14.3 Å². The van der Waals surface area contributed by atoms with E-state index in [0.717, 1.165) is 22.7 Å². The van der Waals surface area contributed by atoms with Crippen molar-refractivity contribution in [2.24, 2.45) is 0 Å². The van der Waals surface area contributed by atoms with Crippen molar-refractivity contribution in [3.63, 3.8) is 0 Å². The largest absolute Gasteiger partial charge is 0.322 e. The molecule has 0 heterocycles. The highest BCUT2D eigenvalue weighted by molar-refractivity contribution is 9.10. The standard InChI is InChI=1S/C20H15BrF2N2O3S/c21-14-3-7-16(8-4-14)25-20(26)18-11-17(9-10-19(18)23)29(27,28)24-12-13-1-5-15(22)6-2-13/h1-11,24H,12H2,(H,25,26). The van der Waals surface area contributed by atoms with Crippen molar-refractivity contribution >= 4 is 37.5 Å². The van der Waals surface area contributed by atoms with Crippen molar-refractivity contribution in [2.45, 2.75) is 11.4 Å². The second-order valence-electron chi connectivity index (χ2n) is 6.05. The molecule has 0 atom stereocenters. The van der Waals surface area contributed by atoms with Gasteiger partial charge in [-0.3, -0.25) is 4.79 Å². The minimum absolute atomic E-state index is 0.0829. The second kappa shape index (κ2) is 8.81. The maximum atomic E-state index is 14.1. The van der Waals surface area contributed by atoms with E-state index in [0.29, 0.717) is 11.3 Å². The van der Waals surface area contributed by atoms with Gasteiger partial charge in [0.25, 0.3) is 5.91 Å². The van der Waals surface area contributed by atoms with Gasteiger partial charge in [0.1, 0.15) is 11.6 Å². The molecule has 0 fully saturated rings. The number of anilines is 1. The van der Waals surface area contributed by atoms with Gasteiger partial charge in [0.15, 0.2) is 0 Å². The second-order valence-corrected chi connectivity index (χ2v) is 8.74. The van der Waals surface area contributed by atoms with Gasteiger partial charge >= 0.3 is 0 Å². The monoisotopic (exact) mass is 480 g/mol. The first kappa shape index (κ1) is 21.1. The van der Waals surface area contributed by atoms with Crippen LogP contribution in [0.15, 0.2) is 76.1 Å². The summed E-state index contributed by atoms with van der Waals surface area (Å²) in [4.78, 5) is 12.1. The summed E-state index contributed by atoms with van der Waals surface area (Å²) in [5.41, 5.74) is 0.572. The van der Waals surface area contributed by atoms with Gasteiger partial charge in [-0.1, -0.05) is 28.1 Å². The molecule has 0 aromatic heterocycles. The number of carbonyl (C=O) groups excluding carboxylic acids is 1. The van der Waals surface area contributed by atoms with E-state index in [2.05, 4.69) is 26.0 Å². The fourth-order valence-electron chi connectivity index (χ4n) is 2.44. The summed E-state index contributed by atoms with van der Waals surface area (Å²) in [5.74, 6) is -2.06. The van der Waals surface area contributed by atoms with Gasteiger partial charge < -0.3 is 5.32 Å². The number of halogens is 3. The van der Waals surface area contributed by atoms with Crippen molar-refractivity contribution in [2.75, 3.05) is 5.32 Å². The molecule has 0 radical (unpaired) electrons. The van der Waals surface area contributed by atoms with Crippen LogP contribution < -0.4 is 10.0 Å². The fraction of sp³-hybridized carbons (Fsp3) is 0.0500. The third-order valence-electron chi connectivity index (χ3n) is 3.97. The highest BCUT2D eigenvalue weighted by Gasteiger charge is 2.19. The van der Waals surface area contributed by atoms with Crippen molar-refractivity contribution in [3.8, 4) is 0 Å². The summed E-state index contributed by atoms with van der Waals surface area (Å²) in [7, 11) is -4.02. The van der Waals surface area contributed by atoms with E-state index in [1.807, 2.05) is 0 Å². The number of hydrogen-bond acceptors (Lipinski definition) is 3. The Morgan fingerprint density at radius 3 is 2.24 bits per heavy atom. The van der Waals surface area contributed by atoms with Crippen LogP contribution in [0.5, 0.6) is 0 Å². The number of amides is 1. The van der Waals surface area contributed by atoms with Crippen molar-refractivity contribution in [1.82, 2.24) is 4.72 Å². The molecule has 3 rings (SSSR count). The number of benzene rings is 3. The lowest BCUT2D eigenvalue weighted by Gasteiger charge is -2.10. The van der Waals surface area contributed by atoms with Gasteiger partial charge in [-0.2, -0.15) is 0 Å². The van der Waals surface area contributed by atoms with Gasteiger partial charge in [-0.15, -0.1) is 0 Å². The van der Waals surface area contributed by atoms with Crippen LogP contribution in [0.4, 0.5) is 14.5 Å². The summed E-state index contributed by atoms with van der Waals surface area (Å²) in [5, 5.41) is 2.52. The third-order valence-corrected chi connectivity index (χ3v) is 5.90. The first-order valence-corrected chi connectivity index (χ1v) is 10.6. The Labute approximate surface area is 174 Å². The highest BCUT2D eigenvalue weighted by Crippen LogP contribution is 2.19. The molecule has 1 amide bonds. The molecule has 0 spiro atoms. The zero-order valence-corrected chi connectivity index (χ0v) is 17.2. The van der Waals surface area contributed by atoms with E-state index in [1.54, 1.807) is 24.3 Å². The van der Waals surface area contributed by atoms with Gasteiger partial charge in [0.2, 0.25) is 10.0 Å². The van der Waals surface area contributed by atoms with Crippen LogP contribution in [0.3, 0.4) is 0 Å². The molecule has 0 saturated heterocycles. The molecular weight excluding hydrogens is 466 g/mol. The number of hydrogen-bond donors (Lipinski definition) is 2. The van der Waals surface area contributed by atoms with Crippen molar-refractivity contribution in [3.05, 3.63) is 94.0 Å². The van der Waals surface area contributed by atoms with Gasteiger partial charge in [0.05, 0.1) is 10.5 Å². The van der Waals surface area contributed by atoms with E-state index in [-0.39, 0.29) is 11.4 Å². The Morgan fingerprint density at radius 2 is 1.59 bits per heavy atom. The minimum Gasteiger partial charge on any atom is -0.322 e. The van der Waals surface area contributed by atoms with Crippen LogP contribution in [-0.2, 0) is 16.6 Å². The van der Waals surface area contributed by atoms with Gasteiger partial charge in [-0.05, 0) is 60.2 Å². The Balaban J connectivity index is 1.78. The molecule has 0 bridgehead atoms. The molecule has 29 heavy (non-hydrogen) atoms. The lowest BCUT2D eigenvalue weighted by molar-refractivity contribution is 0.102. The predicted octanol–water partition coefficient (Wildman–Crippen LogP) is 4.46. The molecule has 3 aromatic carbocycles. The highest BCUT2D eigenvalue weighted by atomic mass is 79.9. The van der Waals surface area contributed by atoms with E-state index in [9.17, 15) is 22.0 Å². The molecule has 0 saturated carbocycles. The molecule has 9 heteroatoms. The van der Waals surface area contributed by atoms with E-state index >= 15 is 0 Å². The van der Waals surface area contributed by atoms with E-state index in [1.165, 1.54) is 24.3 Å². The molecule has 3 aromatic rings. The lowest BCUT2D eigenvalue weighted by Crippen LogP contribution is -2.24. The maximum absolute atomic E-state index is 14.1. The van der Waals surface area contributed by atoms with Crippen molar-refractivity contribution in [1.29, 1.82) is 0 Å². The first-order valence-electron chi connectivity index (χ1n) is 8.35. The third kappa shape index (κ3) is 5.47. The Hall–Kier alpha value is -2.62. The minimum atomic E-state index is -4.02. The topological polar surface area (TPSA) is 75.3 Å². The lowest BCUT2D eigenvalue weighted by atomic mass is 10.2. The Morgan fingerprint density at radius 1 is 0.931 bits per heavy atom. The van der Waals surface area contributed by atoms with Crippen LogP contribution in [0.25, 0.3) is 0 Å². The summed E-state index contributed by atoms with van der Waals surface area (Å²) in [6.07, 6.45) is 0. The number of carbonyl (C=O) groups is 1. The predicted molar refractivity (Wildman–Crippen MR) is 109 cm³/mol. The molecule has 150 valence electrons. The molecule has 5 nitrogen and oxygen atoms in total. The van der Waals surface area contributed by atoms with E-state index < -0.39 is 33.1 Å². The van der Waals surface area contributed by atoms with Crippen LogP contribution >= 0.6 is 15.9 Å². The first-order chi connectivity index (χ1) is 13.7. The fourth-order valence-corrected chi connectivity index (χ4v) is 3.75. The van der Waals surface area contributed by atoms with Crippen LogP contribution in [0.2, 0.25) is 0 Å². The number of rotatable bonds is 6. The summed E-state index contributed by atoms with van der Waals surface area (Å²) in [6.45, 7) is -0.0829. The normalized spacial score (nSPS) is 11.3. The molecule has 0 aliphatic rings. The number of sulfonamides is 1. The van der Waals surface area contributed by atoms with E-state index in [4.69, 9.17) is 0 Å². The Bertz CT molecular complexity index is 1140. The van der Waals surface area contributed by atoms with Crippen molar-refractivity contribution < 1.29 is 22.0 Å². The average molecular weight is 481 g/mol. The summed E-state index contributed by atoms with van der Waals surface area (Å²) in [6, 6.07) is 14.9. The molecular formula is C20H15BrF2N2O3S. The zero-order chi connectivity index (χ0) is 21.0. The number of nitrogens with one attached hydrogen (secondary N) is 2. The quantitative estimate of drug-likeness (QED) is 0.546. The maximum Gasteiger partial charge on any atom is 0.258 e. The zero-order valence-electron chi connectivity index (χ0n) is 14.8. The molecule has 2 N–H and O–H groups in total. The smallest absolute Gasteiger partial charge is 0.258 e. The molecule has 0 aliphatic carbocycles. The molecule has 0 aliphatic heterocycles. The van der Waals surface area contributed by atoms with Crippen LogP contribution in [0.1, 0.15) is 15.9 Å². The van der Waals surface area contributed by atoms with Crippen LogP contribution in [0, 0.1) is 11.6 Å². The summed E-state index contributed by atoms with van der Waals surface area (Å²) < 4.78 is 55.3. The Kier molecular flexibility index (Phi) is 6.41. The SMILES string of the molecule is O=C(Nc1ccc(Br)cc1)c1cc(S(=O)(=O)NCc2ccc(F)cc2)ccc1F. The summed E-state index contributed by atoms with van der Waals surface area (Å²) >= 11 is 3.27. The van der Waals surface area contributed by atoms with Gasteiger partial charge in [-0.25, -0.2) is 21.9 Å². The average Bonchev–Trinajstić information content (AvgIpc) is 2.69. The van der Waals surface area contributed by atoms with Gasteiger partial charge in [0, 0.05) is 16.7 Å².